The van der Waals surface area contributed by atoms with E-state index < -0.39 is 15.8 Å². The minimum Gasteiger partial charge on any atom is -0.493 e. The molecule has 2 aromatic carbocycles. The summed E-state index contributed by atoms with van der Waals surface area (Å²) in [4.78, 5) is 8.34. The summed E-state index contributed by atoms with van der Waals surface area (Å²) < 4.78 is 58.8. The number of hydrogen-bond acceptors (Lipinski definition) is 8. The fourth-order valence-corrected chi connectivity index (χ4v) is 4.65. The number of sulfonamides is 1. The second-order valence-electron chi connectivity index (χ2n) is 7.54. The van der Waals surface area contributed by atoms with E-state index in [1.54, 1.807) is 18.2 Å². The molecule has 0 aliphatic carbocycles. The summed E-state index contributed by atoms with van der Waals surface area (Å²) in [5.74, 6) is -0.753. The van der Waals surface area contributed by atoms with Gasteiger partial charge in [0.2, 0.25) is 5.75 Å². The Morgan fingerprint density at radius 2 is 1.82 bits per heavy atom. The Bertz CT molecular complexity index is 1210. The van der Waals surface area contributed by atoms with E-state index in [0.717, 1.165) is 16.7 Å². The zero-order valence-corrected chi connectivity index (χ0v) is 19.8. The minimum atomic E-state index is -4.06. The van der Waals surface area contributed by atoms with Crippen LogP contribution in [0.15, 0.2) is 59.8 Å². The molecule has 0 aliphatic rings. The zero-order valence-electron chi connectivity index (χ0n) is 19.0. The number of halogens is 1. The highest BCUT2D eigenvalue weighted by atomic mass is 32.2. The van der Waals surface area contributed by atoms with Gasteiger partial charge in [-0.2, -0.15) is 4.98 Å². The number of aliphatic hydroxyl groups excluding tert-OH is 1. The molecule has 1 heterocycles. The number of ether oxygens (including phenoxy) is 3. The van der Waals surface area contributed by atoms with Gasteiger partial charge in [-0.05, 0) is 30.2 Å². The number of methoxy groups -OCH3 is 1. The van der Waals surface area contributed by atoms with Crippen LogP contribution in [0.3, 0.4) is 0 Å². The van der Waals surface area contributed by atoms with Crippen LogP contribution in [0.5, 0.6) is 23.1 Å². The van der Waals surface area contributed by atoms with Crippen LogP contribution in [-0.2, 0) is 10.0 Å². The maximum Gasteiger partial charge on any atom is 0.265 e. The molecule has 0 fully saturated rings. The molecule has 182 valence electrons. The van der Waals surface area contributed by atoms with Crippen molar-refractivity contribution >= 4 is 15.8 Å². The first-order valence-corrected chi connectivity index (χ1v) is 11.9. The van der Waals surface area contributed by atoms with Crippen molar-refractivity contribution in [2.45, 2.75) is 18.7 Å². The molecule has 34 heavy (non-hydrogen) atoms. The van der Waals surface area contributed by atoms with Gasteiger partial charge in [0.05, 0.1) is 18.6 Å². The van der Waals surface area contributed by atoms with Crippen molar-refractivity contribution in [3.63, 3.8) is 0 Å². The highest BCUT2D eigenvalue weighted by molar-refractivity contribution is 7.92. The standard InChI is InChI=1S/C23H26FN3O6S/c1-16(2)14-27(34(29,30)18-7-5-4-6-8-18)22-21(23(26-15-25-22)32-12-11-28)33-19-10-9-17(24)13-20(19)31-3/h4-10,13,15-16,28H,11-12,14H2,1-3H3. The summed E-state index contributed by atoms with van der Waals surface area (Å²) in [6.07, 6.45) is 1.14. The molecule has 1 N–H and O–H groups in total. The van der Waals surface area contributed by atoms with E-state index >= 15 is 0 Å². The van der Waals surface area contributed by atoms with Crippen molar-refractivity contribution in [3.05, 3.63) is 60.7 Å². The minimum absolute atomic E-state index is 0.0670. The van der Waals surface area contributed by atoms with Crippen LogP contribution in [0.2, 0.25) is 0 Å². The smallest absolute Gasteiger partial charge is 0.265 e. The second kappa shape index (κ2) is 11.1. The molecule has 0 bridgehead atoms. The predicted molar refractivity (Wildman–Crippen MR) is 123 cm³/mol. The average Bonchev–Trinajstić information content (AvgIpc) is 2.83. The number of rotatable bonds is 11. The van der Waals surface area contributed by atoms with Gasteiger partial charge in [0.15, 0.2) is 17.3 Å². The van der Waals surface area contributed by atoms with Gasteiger partial charge in [-0.3, -0.25) is 0 Å². The highest BCUT2D eigenvalue weighted by Gasteiger charge is 2.32. The molecule has 0 aliphatic heterocycles. The number of anilines is 1. The number of benzene rings is 2. The van der Waals surface area contributed by atoms with Crippen LogP contribution in [0.4, 0.5) is 10.2 Å². The SMILES string of the molecule is COc1cc(F)ccc1Oc1c(OCCO)ncnc1N(CC(C)C)S(=O)(=O)c1ccccc1. The first kappa shape index (κ1) is 25.2. The van der Waals surface area contributed by atoms with Gasteiger partial charge in [0.1, 0.15) is 18.8 Å². The third kappa shape index (κ3) is 5.72. The van der Waals surface area contributed by atoms with Crippen molar-refractivity contribution in [1.82, 2.24) is 9.97 Å². The molecule has 3 aromatic rings. The van der Waals surface area contributed by atoms with Crippen molar-refractivity contribution in [2.75, 3.05) is 31.2 Å². The molecule has 3 rings (SSSR count). The molecule has 0 unspecified atom stereocenters. The summed E-state index contributed by atoms with van der Waals surface area (Å²) in [6.45, 7) is 3.37. The third-order valence-electron chi connectivity index (χ3n) is 4.52. The van der Waals surface area contributed by atoms with E-state index in [0.29, 0.717) is 0 Å². The van der Waals surface area contributed by atoms with Crippen LogP contribution in [0.25, 0.3) is 0 Å². The summed E-state index contributed by atoms with van der Waals surface area (Å²) in [5, 5.41) is 9.22. The van der Waals surface area contributed by atoms with E-state index in [2.05, 4.69) is 9.97 Å². The lowest BCUT2D eigenvalue weighted by atomic mass is 10.2. The van der Waals surface area contributed by atoms with E-state index in [9.17, 15) is 17.9 Å². The topological polar surface area (TPSA) is 111 Å². The molecule has 1 aromatic heterocycles. The van der Waals surface area contributed by atoms with Crippen molar-refractivity contribution in [1.29, 1.82) is 0 Å². The number of nitrogens with zero attached hydrogens (tertiary/aromatic N) is 3. The first-order valence-electron chi connectivity index (χ1n) is 10.5. The summed E-state index contributed by atoms with van der Waals surface area (Å²) in [6, 6.07) is 11.6. The van der Waals surface area contributed by atoms with Gasteiger partial charge < -0.3 is 19.3 Å². The molecular weight excluding hydrogens is 465 g/mol. The molecule has 9 nitrogen and oxygen atoms in total. The van der Waals surface area contributed by atoms with Gasteiger partial charge >= 0.3 is 0 Å². The fourth-order valence-electron chi connectivity index (χ4n) is 3.05. The van der Waals surface area contributed by atoms with Crippen LogP contribution in [-0.4, -0.2) is 50.4 Å². The van der Waals surface area contributed by atoms with Crippen LogP contribution in [0, 0.1) is 11.7 Å². The summed E-state index contributed by atoms with van der Waals surface area (Å²) in [5.41, 5.74) is 0. The van der Waals surface area contributed by atoms with Crippen LogP contribution < -0.4 is 18.5 Å². The maximum absolute atomic E-state index is 13.7. The lowest BCUT2D eigenvalue weighted by molar-refractivity contribution is 0.192. The van der Waals surface area contributed by atoms with Crippen LogP contribution in [0.1, 0.15) is 13.8 Å². The second-order valence-corrected chi connectivity index (χ2v) is 9.41. The average molecular weight is 492 g/mol. The Morgan fingerprint density at radius 3 is 2.47 bits per heavy atom. The summed E-state index contributed by atoms with van der Waals surface area (Å²) in [7, 11) is -2.71. The Balaban J connectivity index is 2.20. The maximum atomic E-state index is 13.7. The number of aliphatic hydroxyl groups is 1. The number of aromatic nitrogens is 2. The predicted octanol–water partition coefficient (Wildman–Crippen LogP) is 3.64. The Kier molecular flexibility index (Phi) is 8.24. The lowest BCUT2D eigenvalue weighted by Crippen LogP contribution is -2.35. The Labute approximate surface area is 197 Å². The number of hydrogen-bond donors (Lipinski definition) is 1. The normalized spacial score (nSPS) is 11.4. The third-order valence-corrected chi connectivity index (χ3v) is 6.29. The van der Waals surface area contributed by atoms with E-state index in [1.165, 1.54) is 31.4 Å². The van der Waals surface area contributed by atoms with Crippen molar-refractivity contribution in [2.24, 2.45) is 5.92 Å². The molecule has 0 radical (unpaired) electrons. The molecule has 0 saturated heterocycles. The van der Waals surface area contributed by atoms with Crippen molar-refractivity contribution < 1.29 is 32.1 Å². The molecule has 0 spiro atoms. The molecular formula is C23H26FN3O6S. The molecule has 11 heteroatoms. The Hall–Kier alpha value is -3.44. The van der Waals surface area contributed by atoms with Gasteiger partial charge in [-0.1, -0.05) is 32.0 Å². The molecule has 0 atom stereocenters. The lowest BCUT2D eigenvalue weighted by Gasteiger charge is -2.27. The van der Waals surface area contributed by atoms with E-state index in [1.807, 2.05) is 13.8 Å². The quantitative estimate of drug-likeness (QED) is 0.433. The van der Waals surface area contributed by atoms with Gasteiger partial charge in [0, 0.05) is 12.6 Å². The van der Waals surface area contributed by atoms with Gasteiger partial charge in [-0.25, -0.2) is 22.1 Å². The first-order chi connectivity index (χ1) is 16.3. The van der Waals surface area contributed by atoms with E-state index in [4.69, 9.17) is 14.2 Å². The highest BCUT2D eigenvalue weighted by Crippen LogP contribution is 2.42. The largest absolute Gasteiger partial charge is 0.493 e. The summed E-state index contributed by atoms with van der Waals surface area (Å²) >= 11 is 0. The zero-order chi connectivity index (χ0) is 24.7. The van der Waals surface area contributed by atoms with Crippen LogP contribution >= 0.6 is 0 Å². The van der Waals surface area contributed by atoms with E-state index in [-0.39, 0.29) is 59.5 Å². The molecule has 0 saturated carbocycles. The van der Waals surface area contributed by atoms with Gasteiger partial charge in [0.25, 0.3) is 15.9 Å². The monoisotopic (exact) mass is 491 g/mol. The van der Waals surface area contributed by atoms with Gasteiger partial charge in [-0.15, -0.1) is 0 Å². The molecule has 0 amide bonds. The van der Waals surface area contributed by atoms with Crippen molar-refractivity contribution in [3.8, 4) is 23.1 Å². The Morgan fingerprint density at radius 1 is 1.09 bits per heavy atom. The fraction of sp³-hybridized carbons (Fsp3) is 0.304.